The van der Waals surface area contributed by atoms with Crippen LogP contribution in [-0.2, 0) is 0 Å². The fourth-order valence-electron chi connectivity index (χ4n) is 1.57. The van der Waals surface area contributed by atoms with Crippen LogP contribution in [0.2, 0.25) is 0 Å². The molecule has 2 aromatic rings. The van der Waals surface area contributed by atoms with Crippen LogP contribution in [0.15, 0.2) is 34.9 Å². The van der Waals surface area contributed by atoms with E-state index in [1.807, 2.05) is 6.92 Å². The van der Waals surface area contributed by atoms with Crippen LogP contribution in [-0.4, -0.2) is 24.5 Å². The van der Waals surface area contributed by atoms with Crippen molar-refractivity contribution in [3.05, 3.63) is 36.1 Å². The number of aryl methyl sites for hydroxylation is 1. The fourth-order valence-corrected chi connectivity index (χ4v) is 1.57. The zero-order valence-corrected chi connectivity index (χ0v) is 11.9. The quantitative estimate of drug-likeness (QED) is 0.799. The van der Waals surface area contributed by atoms with Crippen molar-refractivity contribution in [3.8, 4) is 11.5 Å². The molecule has 0 aliphatic carbocycles. The number of urea groups is 1. The summed E-state index contributed by atoms with van der Waals surface area (Å²) in [5, 5.41) is 8.71. The molecule has 0 unspecified atom stereocenters. The van der Waals surface area contributed by atoms with Crippen molar-refractivity contribution in [2.45, 2.75) is 13.8 Å². The molecule has 0 atom stereocenters. The molecule has 0 saturated carbocycles. The van der Waals surface area contributed by atoms with E-state index in [4.69, 9.17) is 14.0 Å². The minimum atomic E-state index is -0.422. The minimum absolute atomic E-state index is 0.0383. The zero-order valence-electron chi connectivity index (χ0n) is 11.9. The Balaban J connectivity index is 1.72. The Morgan fingerprint density at radius 3 is 2.48 bits per heavy atom. The van der Waals surface area contributed by atoms with E-state index in [-0.39, 0.29) is 6.73 Å². The van der Waals surface area contributed by atoms with Crippen LogP contribution in [0.3, 0.4) is 0 Å². The largest absolute Gasteiger partial charge is 0.494 e. The van der Waals surface area contributed by atoms with Gasteiger partial charge in [-0.2, -0.15) is 0 Å². The molecule has 112 valence electrons. The molecule has 0 spiro atoms. The number of anilines is 1. The third-order valence-electron chi connectivity index (χ3n) is 2.48. The molecular weight excluding hydrogens is 274 g/mol. The Hall–Kier alpha value is -2.70. The molecule has 2 rings (SSSR count). The van der Waals surface area contributed by atoms with Gasteiger partial charge < -0.3 is 19.3 Å². The topological polar surface area (TPSA) is 85.6 Å². The van der Waals surface area contributed by atoms with Gasteiger partial charge in [0, 0.05) is 6.07 Å². The van der Waals surface area contributed by atoms with Crippen molar-refractivity contribution in [2.24, 2.45) is 0 Å². The van der Waals surface area contributed by atoms with E-state index in [9.17, 15) is 4.79 Å². The van der Waals surface area contributed by atoms with E-state index < -0.39 is 6.03 Å². The molecule has 2 amide bonds. The summed E-state index contributed by atoms with van der Waals surface area (Å²) in [5.74, 6) is 2.38. The average Bonchev–Trinajstić information content (AvgIpc) is 2.86. The van der Waals surface area contributed by atoms with E-state index in [0.717, 1.165) is 5.75 Å². The van der Waals surface area contributed by atoms with Gasteiger partial charge in [0.25, 0.3) is 0 Å². The molecule has 1 aromatic heterocycles. The normalized spacial score (nSPS) is 10.0. The molecule has 0 fully saturated rings. The first-order valence-corrected chi connectivity index (χ1v) is 6.51. The van der Waals surface area contributed by atoms with E-state index in [0.29, 0.717) is 23.9 Å². The van der Waals surface area contributed by atoms with Crippen LogP contribution < -0.4 is 20.1 Å². The number of carbonyl (C=O) groups is 1. The highest BCUT2D eigenvalue weighted by atomic mass is 16.5. The van der Waals surface area contributed by atoms with Crippen molar-refractivity contribution in [3.63, 3.8) is 0 Å². The summed E-state index contributed by atoms with van der Waals surface area (Å²) in [7, 11) is 0. The van der Waals surface area contributed by atoms with Crippen LogP contribution in [0.25, 0.3) is 0 Å². The molecule has 1 aromatic carbocycles. The maximum absolute atomic E-state index is 11.5. The summed E-state index contributed by atoms with van der Waals surface area (Å²) in [6, 6.07) is 8.34. The van der Waals surface area contributed by atoms with Crippen LogP contribution in [0.4, 0.5) is 10.6 Å². The van der Waals surface area contributed by atoms with Gasteiger partial charge in [-0.1, -0.05) is 5.16 Å². The van der Waals surface area contributed by atoms with Crippen molar-refractivity contribution >= 4 is 11.8 Å². The van der Waals surface area contributed by atoms with Crippen molar-refractivity contribution < 1.29 is 18.8 Å². The Morgan fingerprint density at radius 2 is 1.90 bits per heavy atom. The first-order valence-electron chi connectivity index (χ1n) is 6.51. The second-order valence-electron chi connectivity index (χ2n) is 4.15. The van der Waals surface area contributed by atoms with Gasteiger partial charge in [-0.05, 0) is 38.1 Å². The minimum Gasteiger partial charge on any atom is -0.494 e. The molecule has 0 aliphatic rings. The number of ether oxygens (including phenoxy) is 2. The molecular formula is C14H17N3O4. The Labute approximate surface area is 122 Å². The summed E-state index contributed by atoms with van der Waals surface area (Å²) in [5.41, 5.74) is 0. The lowest BCUT2D eigenvalue weighted by Crippen LogP contribution is -2.32. The van der Waals surface area contributed by atoms with Crippen molar-refractivity contribution in [1.29, 1.82) is 0 Å². The molecule has 21 heavy (non-hydrogen) atoms. The second-order valence-corrected chi connectivity index (χ2v) is 4.15. The lowest BCUT2D eigenvalue weighted by atomic mass is 10.3. The Bertz CT molecular complexity index is 580. The van der Waals surface area contributed by atoms with E-state index in [2.05, 4.69) is 15.8 Å². The number of amides is 2. The maximum Gasteiger partial charge on any atom is 0.323 e. The lowest BCUT2D eigenvalue weighted by molar-refractivity contribution is 0.234. The highest BCUT2D eigenvalue weighted by Crippen LogP contribution is 2.17. The van der Waals surface area contributed by atoms with E-state index in [1.54, 1.807) is 37.3 Å². The molecule has 0 saturated heterocycles. The van der Waals surface area contributed by atoms with Crippen LogP contribution in [0.1, 0.15) is 12.7 Å². The molecule has 0 bridgehead atoms. The molecule has 0 aliphatic heterocycles. The number of nitrogens with zero attached hydrogens (tertiary/aromatic N) is 1. The number of hydrogen-bond donors (Lipinski definition) is 2. The average molecular weight is 291 g/mol. The maximum atomic E-state index is 11.5. The smallest absolute Gasteiger partial charge is 0.323 e. The number of benzene rings is 1. The Morgan fingerprint density at radius 1 is 1.24 bits per heavy atom. The molecule has 7 nitrogen and oxygen atoms in total. The van der Waals surface area contributed by atoms with Gasteiger partial charge in [0.2, 0.25) is 0 Å². The van der Waals surface area contributed by atoms with Crippen LogP contribution in [0.5, 0.6) is 11.5 Å². The zero-order chi connectivity index (χ0) is 15.1. The summed E-state index contributed by atoms with van der Waals surface area (Å²) >= 11 is 0. The van der Waals surface area contributed by atoms with Crippen molar-refractivity contribution in [2.75, 3.05) is 18.7 Å². The van der Waals surface area contributed by atoms with Crippen molar-refractivity contribution in [1.82, 2.24) is 10.5 Å². The number of aromatic nitrogens is 1. The summed E-state index contributed by atoms with van der Waals surface area (Å²) in [6.07, 6.45) is 0. The van der Waals surface area contributed by atoms with E-state index in [1.165, 1.54) is 0 Å². The fraction of sp³-hybridized carbons (Fsp3) is 0.286. The van der Waals surface area contributed by atoms with Gasteiger partial charge in [0.1, 0.15) is 17.3 Å². The third-order valence-corrected chi connectivity index (χ3v) is 2.48. The number of rotatable bonds is 6. The highest BCUT2D eigenvalue weighted by Gasteiger charge is 2.05. The summed E-state index contributed by atoms with van der Waals surface area (Å²) in [4.78, 5) is 11.5. The Kier molecular flexibility index (Phi) is 5.03. The lowest BCUT2D eigenvalue weighted by Gasteiger charge is -2.09. The number of carbonyl (C=O) groups excluding carboxylic acids is 1. The summed E-state index contributed by atoms with van der Waals surface area (Å²) in [6.45, 7) is 4.31. The van der Waals surface area contributed by atoms with Gasteiger partial charge in [-0.3, -0.25) is 5.32 Å². The molecule has 1 heterocycles. The van der Waals surface area contributed by atoms with Gasteiger partial charge in [-0.25, -0.2) is 4.79 Å². The standard InChI is InChI=1S/C14H17N3O4/c1-3-19-11-4-6-12(7-5-11)20-9-15-14(18)16-13-8-10(2)21-17-13/h4-8H,3,9H2,1-2H3,(H2,15,16,17,18). The highest BCUT2D eigenvalue weighted by molar-refractivity contribution is 5.87. The number of hydrogen-bond acceptors (Lipinski definition) is 5. The summed E-state index contributed by atoms with van der Waals surface area (Å²) < 4.78 is 15.5. The predicted molar refractivity (Wildman–Crippen MR) is 76.5 cm³/mol. The first-order chi connectivity index (χ1) is 10.2. The molecule has 2 N–H and O–H groups in total. The third kappa shape index (κ3) is 4.72. The second kappa shape index (κ2) is 7.18. The van der Waals surface area contributed by atoms with E-state index >= 15 is 0 Å². The van der Waals surface area contributed by atoms with Crippen LogP contribution >= 0.6 is 0 Å². The first kappa shape index (κ1) is 14.7. The van der Waals surface area contributed by atoms with Gasteiger partial charge in [0.05, 0.1) is 6.61 Å². The predicted octanol–water partition coefficient (Wildman–Crippen LogP) is 2.54. The van der Waals surface area contributed by atoms with Gasteiger partial charge in [-0.15, -0.1) is 0 Å². The molecule has 7 heteroatoms. The number of nitrogens with one attached hydrogen (secondary N) is 2. The van der Waals surface area contributed by atoms with Gasteiger partial charge in [0.15, 0.2) is 12.5 Å². The monoisotopic (exact) mass is 291 g/mol. The SMILES string of the molecule is CCOc1ccc(OCNC(=O)Nc2cc(C)on2)cc1. The van der Waals surface area contributed by atoms with Gasteiger partial charge >= 0.3 is 6.03 Å². The molecule has 0 radical (unpaired) electrons. The van der Waals surface area contributed by atoms with Crippen LogP contribution in [0, 0.1) is 6.92 Å².